The summed E-state index contributed by atoms with van der Waals surface area (Å²) in [7, 11) is -0.377. The Hall–Kier alpha value is -3.25. The maximum Gasteiger partial charge on any atom is 0.494 e. The number of allylic oxidation sites excluding steroid dienone is 2. The Bertz CT molecular complexity index is 1660. The van der Waals surface area contributed by atoms with Gasteiger partial charge in [0.15, 0.2) is 0 Å². The molecule has 3 nitrogen and oxygen atoms in total. The van der Waals surface area contributed by atoms with Crippen LogP contribution in [0.5, 0.6) is 0 Å². The second-order valence-electron chi connectivity index (χ2n) is 12.0. The fraction of sp³-hybridized carbons (Fsp3) is 0.265. The normalized spacial score (nSPS) is 24.7. The Morgan fingerprint density at radius 1 is 0.769 bits per heavy atom. The molecule has 194 valence electrons. The maximum absolute atomic E-state index is 6.31. The molecule has 0 spiro atoms. The first-order valence-electron chi connectivity index (χ1n) is 13.7. The predicted octanol–water partition coefficient (Wildman–Crippen LogP) is 7.33. The summed E-state index contributed by atoms with van der Waals surface area (Å²) in [5, 5.41) is 1.28. The van der Waals surface area contributed by atoms with Crippen molar-refractivity contribution in [1.29, 1.82) is 0 Å². The van der Waals surface area contributed by atoms with Crippen molar-refractivity contribution in [2.45, 2.75) is 57.3 Å². The van der Waals surface area contributed by atoms with Crippen molar-refractivity contribution >= 4 is 45.3 Å². The SMILES string of the molecule is CC12C=CC(c3ccccc3)=CC1N=C(c1ccc(B3OC(C)(C)C(C)(C)O3)cc1)c1c2sc2ccccc12. The van der Waals surface area contributed by atoms with E-state index in [-0.39, 0.29) is 29.8 Å². The molecule has 1 fully saturated rings. The lowest BCUT2D eigenvalue weighted by molar-refractivity contribution is 0.00578. The molecule has 1 aromatic heterocycles. The lowest BCUT2D eigenvalue weighted by atomic mass is 9.71. The first-order valence-corrected chi connectivity index (χ1v) is 14.5. The van der Waals surface area contributed by atoms with E-state index in [2.05, 4.69) is 132 Å². The molecule has 4 aromatic rings. The molecule has 1 aliphatic carbocycles. The third kappa shape index (κ3) is 3.82. The first kappa shape index (κ1) is 24.8. The van der Waals surface area contributed by atoms with Crippen LogP contribution in [0.2, 0.25) is 0 Å². The van der Waals surface area contributed by atoms with E-state index in [1.807, 2.05) is 11.3 Å². The van der Waals surface area contributed by atoms with Gasteiger partial charge in [0.2, 0.25) is 0 Å². The van der Waals surface area contributed by atoms with Crippen LogP contribution in [0.3, 0.4) is 0 Å². The van der Waals surface area contributed by atoms with Crippen LogP contribution >= 0.6 is 11.3 Å². The molecular weight excluding hydrogens is 497 g/mol. The Morgan fingerprint density at radius 3 is 2.15 bits per heavy atom. The van der Waals surface area contributed by atoms with Crippen molar-refractivity contribution in [2.24, 2.45) is 4.99 Å². The molecule has 3 heterocycles. The van der Waals surface area contributed by atoms with E-state index in [1.165, 1.54) is 31.7 Å². The molecule has 2 unspecified atom stereocenters. The molecule has 39 heavy (non-hydrogen) atoms. The lowest BCUT2D eigenvalue weighted by Gasteiger charge is -2.38. The molecule has 1 saturated heterocycles. The molecule has 2 atom stereocenters. The van der Waals surface area contributed by atoms with Crippen LogP contribution in [0, 0.1) is 0 Å². The van der Waals surface area contributed by atoms with E-state index >= 15 is 0 Å². The molecule has 2 aliphatic heterocycles. The van der Waals surface area contributed by atoms with Crippen LogP contribution in [0.25, 0.3) is 15.7 Å². The summed E-state index contributed by atoms with van der Waals surface area (Å²) >= 11 is 1.90. The fourth-order valence-electron chi connectivity index (χ4n) is 5.82. The molecule has 0 radical (unpaired) electrons. The molecule has 0 saturated carbocycles. The Balaban J connectivity index is 1.34. The van der Waals surface area contributed by atoms with Gasteiger partial charge in [0.1, 0.15) is 0 Å². The van der Waals surface area contributed by atoms with Gasteiger partial charge in [-0.1, -0.05) is 91.0 Å². The molecule has 0 N–H and O–H groups in total. The molecule has 5 heteroatoms. The minimum Gasteiger partial charge on any atom is -0.399 e. The average Bonchev–Trinajstić information content (AvgIpc) is 3.43. The number of aliphatic imine (C=N–C) groups is 1. The number of fused-ring (bicyclic) bond motifs is 5. The van der Waals surface area contributed by atoms with E-state index in [1.54, 1.807) is 0 Å². The fourth-order valence-corrected chi connectivity index (χ4v) is 7.19. The highest BCUT2D eigenvalue weighted by molar-refractivity contribution is 7.19. The van der Waals surface area contributed by atoms with Crippen molar-refractivity contribution in [3.05, 3.63) is 119 Å². The van der Waals surface area contributed by atoms with Crippen molar-refractivity contribution in [3.63, 3.8) is 0 Å². The summed E-state index contributed by atoms with van der Waals surface area (Å²) in [6.45, 7) is 10.7. The monoisotopic (exact) mass is 529 g/mol. The Kier molecular flexibility index (Phi) is 5.48. The van der Waals surface area contributed by atoms with Crippen LogP contribution in [0.1, 0.15) is 56.2 Å². The number of rotatable bonds is 3. The highest BCUT2D eigenvalue weighted by Gasteiger charge is 2.51. The van der Waals surface area contributed by atoms with Gasteiger partial charge >= 0.3 is 7.12 Å². The van der Waals surface area contributed by atoms with E-state index in [0.717, 1.165) is 16.7 Å². The van der Waals surface area contributed by atoms with E-state index in [0.29, 0.717) is 0 Å². The summed E-state index contributed by atoms with van der Waals surface area (Å²) < 4.78 is 13.9. The second-order valence-corrected chi connectivity index (χ2v) is 13.1. The zero-order valence-corrected chi connectivity index (χ0v) is 23.9. The van der Waals surface area contributed by atoms with Gasteiger partial charge in [-0.05, 0) is 57.3 Å². The number of thiophene rings is 1. The summed E-state index contributed by atoms with van der Waals surface area (Å²) in [6.07, 6.45) is 7.00. The van der Waals surface area contributed by atoms with Gasteiger partial charge in [0, 0.05) is 31.5 Å². The molecule has 0 amide bonds. The molecule has 0 bridgehead atoms. The van der Waals surface area contributed by atoms with Gasteiger partial charge in [0.05, 0.1) is 23.0 Å². The van der Waals surface area contributed by atoms with Crippen LogP contribution in [-0.2, 0) is 14.7 Å². The summed E-state index contributed by atoms with van der Waals surface area (Å²) in [5.41, 5.74) is 5.99. The van der Waals surface area contributed by atoms with Gasteiger partial charge in [0.25, 0.3) is 0 Å². The van der Waals surface area contributed by atoms with Crippen LogP contribution in [0.4, 0.5) is 0 Å². The number of benzene rings is 3. The minimum absolute atomic E-state index is 0.0102. The van der Waals surface area contributed by atoms with Gasteiger partial charge in [-0.2, -0.15) is 0 Å². The van der Waals surface area contributed by atoms with Gasteiger partial charge < -0.3 is 9.31 Å². The van der Waals surface area contributed by atoms with Crippen molar-refractivity contribution in [3.8, 4) is 0 Å². The Morgan fingerprint density at radius 2 is 1.44 bits per heavy atom. The topological polar surface area (TPSA) is 30.8 Å². The molecular formula is C34H32BNO2S. The van der Waals surface area contributed by atoms with Gasteiger partial charge in [-0.3, -0.25) is 4.99 Å². The van der Waals surface area contributed by atoms with E-state index < -0.39 is 0 Å². The smallest absolute Gasteiger partial charge is 0.399 e. The quantitative estimate of drug-likeness (QED) is 0.260. The van der Waals surface area contributed by atoms with Crippen molar-refractivity contribution in [1.82, 2.24) is 0 Å². The Labute approximate surface area is 235 Å². The summed E-state index contributed by atoms with van der Waals surface area (Å²) in [5.74, 6) is 0. The average molecular weight is 530 g/mol. The zero-order chi connectivity index (χ0) is 27.0. The molecule has 3 aliphatic rings. The van der Waals surface area contributed by atoms with E-state index in [9.17, 15) is 0 Å². The van der Waals surface area contributed by atoms with Crippen molar-refractivity contribution < 1.29 is 9.31 Å². The lowest BCUT2D eigenvalue weighted by Crippen LogP contribution is -2.41. The molecule has 7 rings (SSSR count). The summed E-state index contributed by atoms with van der Waals surface area (Å²) in [6, 6.07) is 28.0. The second kappa shape index (κ2) is 8.63. The van der Waals surface area contributed by atoms with Gasteiger partial charge in [-0.15, -0.1) is 11.3 Å². The van der Waals surface area contributed by atoms with Crippen LogP contribution in [-0.4, -0.2) is 30.1 Å². The highest BCUT2D eigenvalue weighted by Crippen LogP contribution is 2.49. The summed E-state index contributed by atoms with van der Waals surface area (Å²) in [4.78, 5) is 6.87. The third-order valence-corrected chi connectivity index (χ3v) is 10.4. The van der Waals surface area contributed by atoms with Crippen LogP contribution < -0.4 is 5.46 Å². The van der Waals surface area contributed by atoms with Crippen LogP contribution in [0.15, 0.2) is 102 Å². The zero-order valence-electron chi connectivity index (χ0n) is 23.1. The number of nitrogens with zero attached hydrogens (tertiary/aromatic N) is 1. The van der Waals surface area contributed by atoms with Gasteiger partial charge in [-0.25, -0.2) is 0 Å². The number of hydrogen-bond donors (Lipinski definition) is 0. The van der Waals surface area contributed by atoms with E-state index in [4.69, 9.17) is 14.3 Å². The standard InChI is InChI=1S/C34H32BNO2S/c1-32(2)33(3,4)38-35(37-32)25-17-15-23(16-18-25)30-29-26-13-9-10-14-27(26)39-31(29)34(5)20-19-24(21-28(34)36-30)22-11-7-6-8-12-22/h6-21,28H,1-5H3. The highest BCUT2D eigenvalue weighted by atomic mass is 32.1. The maximum atomic E-state index is 6.31. The predicted molar refractivity (Wildman–Crippen MR) is 164 cm³/mol. The largest absolute Gasteiger partial charge is 0.494 e. The minimum atomic E-state index is -0.377. The molecule has 3 aromatic carbocycles. The third-order valence-electron chi connectivity index (χ3n) is 8.97. The van der Waals surface area contributed by atoms with Crippen molar-refractivity contribution in [2.75, 3.05) is 0 Å². The first-order chi connectivity index (χ1) is 18.7. The number of hydrogen-bond acceptors (Lipinski definition) is 4.